The van der Waals surface area contributed by atoms with Crippen LogP contribution in [0.1, 0.15) is 16.0 Å². The lowest BCUT2D eigenvalue weighted by Gasteiger charge is -2.04. The molecule has 96 valence electrons. The number of nitrogens with zero attached hydrogens (tertiary/aromatic N) is 4. The molecule has 2 rings (SSSR count). The van der Waals surface area contributed by atoms with E-state index in [1.165, 1.54) is 11.3 Å². The van der Waals surface area contributed by atoms with E-state index in [1.807, 2.05) is 29.9 Å². The van der Waals surface area contributed by atoms with E-state index in [2.05, 4.69) is 10.4 Å². The van der Waals surface area contributed by atoms with Crippen LogP contribution in [0.4, 0.5) is 10.7 Å². The summed E-state index contributed by atoms with van der Waals surface area (Å²) in [7, 11) is 0. The first-order chi connectivity index (χ1) is 9.15. The van der Waals surface area contributed by atoms with Gasteiger partial charge in [-0.15, -0.1) is 11.3 Å². The van der Waals surface area contributed by atoms with Crippen LogP contribution in [0.25, 0.3) is 0 Å². The van der Waals surface area contributed by atoms with Crippen molar-refractivity contribution in [2.24, 2.45) is 0 Å². The van der Waals surface area contributed by atoms with Crippen molar-refractivity contribution in [3.05, 3.63) is 28.4 Å². The number of thiophene rings is 1. The Hall–Kier alpha value is -2.51. The molecule has 19 heavy (non-hydrogen) atoms. The second-order valence-electron chi connectivity index (χ2n) is 3.98. The number of rotatable bonds is 4. The number of nitriles is 2. The van der Waals surface area contributed by atoms with Gasteiger partial charge >= 0.3 is 0 Å². The van der Waals surface area contributed by atoms with Gasteiger partial charge in [-0.2, -0.15) is 15.6 Å². The second-order valence-corrected chi connectivity index (χ2v) is 5.00. The molecule has 0 unspecified atom stereocenters. The van der Waals surface area contributed by atoms with Crippen LogP contribution in [0, 0.1) is 29.6 Å². The van der Waals surface area contributed by atoms with Crippen molar-refractivity contribution in [1.29, 1.82) is 10.5 Å². The molecule has 0 fully saturated rings. The Balaban J connectivity index is 2.04. The van der Waals surface area contributed by atoms with Gasteiger partial charge < -0.3 is 11.1 Å². The molecule has 0 aromatic carbocycles. The fourth-order valence-corrected chi connectivity index (χ4v) is 2.53. The van der Waals surface area contributed by atoms with E-state index in [9.17, 15) is 0 Å². The summed E-state index contributed by atoms with van der Waals surface area (Å²) in [5, 5.41) is 25.9. The quantitative estimate of drug-likeness (QED) is 0.881. The Morgan fingerprint density at radius 3 is 2.84 bits per heavy atom. The molecule has 0 radical (unpaired) electrons. The van der Waals surface area contributed by atoms with Crippen molar-refractivity contribution in [1.82, 2.24) is 9.78 Å². The molecule has 6 nitrogen and oxygen atoms in total. The molecular weight excluding hydrogens is 260 g/mol. The highest BCUT2D eigenvalue weighted by Gasteiger charge is 2.15. The van der Waals surface area contributed by atoms with Gasteiger partial charge in [-0.3, -0.25) is 4.68 Å². The van der Waals surface area contributed by atoms with Crippen molar-refractivity contribution in [2.75, 3.05) is 17.6 Å². The maximum absolute atomic E-state index is 9.04. The largest absolute Gasteiger partial charge is 0.396 e. The third-order valence-corrected chi connectivity index (χ3v) is 3.62. The van der Waals surface area contributed by atoms with Crippen LogP contribution in [0.3, 0.4) is 0 Å². The summed E-state index contributed by atoms with van der Waals surface area (Å²) in [6, 6.07) is 4.01. The maximum Gasteiger partial charge on any atom is 0.131 e. The van der Waals surface area contributed by atoms with Crippen molar-refractivity contribution in [3.63, 3.8) is 0 Å². The molecule has 0 aliphatic carbocycles. The summed E-state index contributed by atoms with van der Waals surface area (Å²) in [5.74, 6) is 0. The molecule has 2 aromatic heterocycles. The molecule has 0 bridgehead atoms. The minimum Gasteiger partial charge on any atom is -0.396 e. The van der Waals surface area contributed by atoms with Gasteiger partial charge in [0.1, 0.15) is 27.6 Å². The average Bonchev–Trinajstić information content (AvgIpc) is 2.93. The van der Waals surface area contributed by atoms with Crippen molar-refractivity contribution < 1.29 is 0 Å². The van der Waals surface area contributed by atoms with E-state index in [0.29, 0.717) is 28.5 Å². The highest BCUT2D eigenvalue weighted by atomic mass is 32.1. The highest BCUT2D eigenvalue weighted by molar-refractivity contribution is 7.17. The first-order valence-electron chi connectivity index (χ1n) is 5.61. The van der Waals surface area contributed by atoms with Gasteiger partial charge in [0, 0.05) is 12.7 Å². The second kappa shape index (κ2) is 5.42. The van der Waals surface area contributed by atoms with Gasteiger partial charge in [-0.1, -0.05) is 0 Å². The number of anilines is 2. The predicted molar refractivity (Wildman–Crippen MR) is 73.6 cm³/mol. The van der Waals surface area contributed by atoms with Crippen LogP contribution in [-0.4, -0.2) is 16.3 Å². The van der Waals surface area contributed by atoms with Crippen molar-refractivity contribution in [2.45, 2.75) is 13.5 Å². The summed E-state index contributed by atoms with van der Waals surface area (Å²) in [4.78, 5) is 0.369. The molecule has 0 saturated heterocycles. The van der Waals surface area contributed by atoms with Crippen LogP contribution in [-0.2, 0) is 6.54 Å². The van der Waals surface area contributed by atoms with Gasteiger partial charge in [0.15, 0.2) is 0 Å². The van der Waals surface area contributed by atoms with Crippen LogP contribution in [0.5, 0.6) is 0 Å². The van der Waals surface area contributed by atoms with Crippen LogP contribution >= 0.6 is 11.3 Å². The molecule has 0 spiro atoms. The monoisotopic (exact) mass is 272 g/mol. The number of hydrogen-bond acceptors (Lipinski definition) is 6. The van der Waals surface area contributed by atoms with E-state index in [4.69, 9.17) is 16.3 Å². The molecule has 3 N–H and O–H groups in total. The zero-order valence-corrected chi connectivity index (χ0v) is 11.2. The fraction of sp³-hybridized carbons (Fsp3) is 0.250. The first-order valence-corrected chi connectivity index (χ1v) is 6.42. The van der Waals surface area contributed by atoms with E-state index in [1.54, 1.807) is 6.20 Å². The van der Waals surface area contributed by atoms with E-state index in [-0.39, 0.29) is 5.69 Å². The van der Waals surface area contributed by atoms with E-state index >= 15 is 0 Å². The SMILES string of the molecule is Cc1cnn(CCNc2sc(C#N)c(N)c2C#N)c1. The fourth-order valence-electron chi connectivity index (χ4n) is 1.64. The van der Waals surface area contributed by atoms with Crippen LogP contribution in [0.2, 0.25) is 0 Å². The normalized spacial score (nSPS) is 9.84. The molecule has 0 aliphatic rings. The number of nitrogens with two attached hydrogens (primary N) is 1. The summed E-state index contributed by atoms with van der Waals surface area (Å²) < 4.78 is 1.82. The zero-order chi connectivity index (χ0) is 13.8. The van der Waals surface area contributed by atoms with Gasteiger partial charge in [0.25, 0.3) is 0 Å². The Kier molecular flexibility index (Phi) is 3.69. The van der Waals surface area contributed by atoms with Gasteiger partial charge in [-0.25, -0.2) is 0 Å². The molecule has 0 amide bonds. The highest BCUT2D eigenvalue weighted by Crippen LogP contribution is 2.34. The van der Waals surface area contributed by atoms with E-state index in [0.717, 1.165) is 5.56 Å². The molecule has 0 aliphatic heterocycles. The molecule has 7 heteroatoms. The number of nitrogen functional groups attached to an aromatic ring is 1. The molecular formula is C12H12N6S. The average molecular weight is 272 g/mol. The lowest BCUT2D eigenvalue weighted by atomic mass is 10.2. The molecule has 0 atom stereocenters. The third-order valence-electron chi connectivity index (χ3n) is 2.55. The Labute approximate surface area is 114 Å². The lowest BCUT2D eigenvalue weighted by molar-refractivity contribution is 0.638. The van der Waals surface area contributed by atoms with Gasteiger partial charge in [0.2, 0.25) is 0 Å². The summed E-state index contributed by atoms with van der Waals surface area (Å²) >= 11 is 1.20. The lowest BCUT2D eigenvalue weighted by Crippen LogP contribution is -2.10. The van der Waals surface area contributed by atoms with Crippen LogP contribution in [0.15, 0.2) is 12.4 Å². The standard InChI is InChI=1S/C12H12N6S/c1-8-6-17-18(7-8)3-2-16-12-9(4-13)11(15)10(5-14)19-12/h6-7,16H,2-3,15H2,1H3. The summed E-state index contributed by atoms with van der Waals surface area (Å²) in [5.41, 5.74) is 7.42. The number of hydrogen-bond donors (Lipinski definition) is 2. The van der Waals surface area contributed by atoms with Gasteiger partial charge in [-0.05, 0) is 12.5 Å². The number of aryl methyl sites for hydroxylation is 1. The van der Waals surface area contributed by atoms with Crippen LogP contribution < -0.4 is 11.1 Å². The minimum atomic E-state index is 0.257. The first kappa shape index (κ1) is 12.9. The Morgan fingerprint density at radius 1 is 1.47 bits per heavy atom. The summed E-state index contributed by atoms with van der Waals surface area (Å²) in [6.07, 6.45) is 3.73. The molecule has 0 saturated carbocycles. The predicted octanol–water partition coefficient (Wildman–Crippen LogP) is 1.69. The van der Waals surface area contributed by atoms with Crippen molar-refractivity contribution >= 4 is 22.0 Å². The van der Waals surface area contributed by atoms with Gasteiger partial charge in [0.05, 0.1) is 18.4 Å². The third kappa shape index (κ3) is 2.67. The number of aromatic nitrogens is 2. The van der Waals surface area contributed by atoms with E-state index < -0.39 is 0 Å². The molecule has 2 aromatic rings. The number of nitrogens with one attached hydrogen (secondary N) is 1. The zero-order valence-electron chi connectivity index (χ0n) is 10.3. The topological polar surface area (TPSA) is 103 Å². The summed E-state index contributed by atoms with van der Waals surface area (Å²) in [6.45, 7) is 3.27. The Morgan fingerprint density at radius 2 is 2.26 bits per heavy atom. The Bertz CT molecular complexity index is 669. The maximum atomic E-state index is 9.04. The molecule has 2 heterocycles. The minimum absolute atomic E-state index is 0.257. The van der Waals surface area contributed by atoms with Crippen molar-refractivity contribution in [3.8, 4) is 12.1 Å². The smallest absolute Gasteiger partial charge is 0.131 e.